The summed E-state index contributed by atoms with van der Waals surface area (Å²) in [5.41, 5.74) is -5.39. The molecule has 2 heterocycles. The molecule has 7 aliphatic rings. The maximum absolute atomic E-state index is 14.4. The van der Waals surface area contributed by atoms with Gasteiger partial charge in [-0.3, -0.25) is 19.2 Å². The summed E-state index contributed by atoms with van der Waals surface area (Å²) >= 11 is 0. The minimum absolute atomic E-state index is 0.240. The second-order valence-corrected chi connectivity index (χ2v) is 16.7. The average molecular weight is 673 g/mol. The van der Waals surface area contributed by atoms with E-state index in [0.717, 1.165) is 0 Å². The minimum Gasteiger partial charge on any atom is -0.462 e. The van der Waals surface area contributed by atoms with Gasteiger partial charge < -0.3 is 33.9 Å². The summed E-state index contributed by atoms with van der Waals surface area (Å²) in [6.45, 7) is 15.0. The number of ketones is 1. The summed E-state index contributed by atoms with van der Waals surface area (Å²) in [6, 6.07) is 0. The van der Waals surface area contributed by atoms with Gasteiger partial charge in [-0.25, -0.2) is 4.79 Å². The lowest BCUT2D eigenvalue weighted by Gasteiger charge is -2.63. The predicted molar refractivity (Wildman–Crippen MR) is 164 cm³/mol. The van der Waals surface area contributed by atoms with Gasteiger partial charge in [-0.05, 0) is 50.5 Å². The van der Waals surface area contributed by atoms with E-state index in [1.54, 1.807) is 20.8 Å². The molecule has 0 aromatic carbocycles. The van der Waals surface area contributed by atoms with Crippen molar-refractivity contribution in [3.63, 3.8) is 0 Å². The molecule has 5 aliphatic carbocycles. The molecule has 0 amide bonds. The van der Waals surface area contributed by atoms with E-state index < -0.39 is 118 Å². The van der Waals surface area contributed by atoms with Crippen LogP contribution in [0.2, 0.25) is 0 Å². The van der Waals surface area contributed by atoms with Gasteiger partial charge in [-0.2, -0.15) is 0 Å². The van der Waals surface area contributed by atoms with Crippen LogP contribution in [0.5, 0.6) is 0 Å². The maximum atomic E-state index is 14.4. The van der Waals surface area contributed by atoms with Crippen molar-refractivity contribution >= 4 is 29.7 Å². The largest absolute Gasteiger partial charge is 0.462 e. The van der Waals surface area contributed by atoms with Crippen LogP contribution in [0.15, 0.2) is 11.8 Å². The number of aliphatic hydroxyl groups is 2. The average Bonchev–Trinajstić information content (AvgIpc) is 3.67. The molecular weight excluding hydrogens is 624 g/mol. The van der Waals surface area contributed by atoms with Crippen molar-refractivity contribution < 1.29 is 57.9 Å². The van der Waals surface area contributed by atoms with Crippen molar-refractivity contribution in [1.82, 2.24) is 0 Å². The molecule has 2 N–H and O–H groups in total. The predicted octanol–water partition coefficient (Wildman–Crippen LogP) is 2.51. The second kappa shape index (κ2) is 10.4. The second-order valence-electron chi connectivity index (χ2n) is 16.7. The van der Waals surface area contributed by atoms with Gasteiger partial charge in [-0.15, -0.1) is 0 Å². The Labute approximate surface area is 280 Å². The molecule has 6 fully saturated rings. The van der Waals surface area contributed by atoms with Gasteiger partial charge in [0.1, 0.15) is 36.3 Å². The summed E-state index contributed by atoms with van der Waals surface area (Å²) in [6.07, 6.45) is -2.35. The molecule has 48 heavy (non-hydrogen) atoms. The van der Waals surface area contributed by atoms with E-state index in [0.29, 0.717) is 6.42 Å². The van der Waals surface area contributed by atoms with Gasteiger partial charge in [0.15, 0.2) is 11.4 Å². The third-order valence-electron chi connectivity index (χ3n) is 14.2. The molecule has 12 nitrogen and oxygen atoms in total. The summed E-state index contributed by atoms with van der Waals surface area (Å²) in [7, 11) is 0. The highest BCUT2D eigenvalue weighted by atomic mass is 16.6. The highest BCUT2D eigenvalue weighted by Crippen LogP contribution is 2.75. The van der Waals surface area contributed by atoms with E-state index in [4.69, 9.17) is 23.7 Å². The van der Waals surface area contributed by atoms with Crippen molar-refractivity contribution in [2.24, 2.45) is 63.6 Å². The van der Waals surface area contributed by atoms with Crippen molar-refractivity contribution in [1.29, 1.82) is 0 Å². The number of ether oxygens (including phenoxy) is 5. The number of esters is 4. The molecule has 0 aromatic heterocycles. The van der Waals surface area contributed by atoms with Crippen molar-refractivity contribution in [2.45, 2.75) is 117 Å². The molecule has 7 rings (SSSR count). The molecule has 0 radical (unpaired) electrons. The Hall–Kier alpha value is -2.83. The Bertz CT molecular complexity index is 1520. The third-order valence-corrected chi connectivity index (χ3v) is 14.2. The first-order valence-corrected chi connectivity index (χ1v) is 17.3. The van der Waals surface area contributed by atoms with E-state index in [1.165, 1.54) is 20.8 Å². The molecule has 2 aliphatic heterocycles. The molecule has 264 valence electrons. The van der Waals surface area contributed by atoms with E-state index in [2.05, 4.69) is 0 Å². The first-order valence-electron chi connectivity index (χ1n) is 17.3. The molecule has 17 atom stereocenters. The van der Waals surface area contributed by atoms with E-state index >= 15 is 0 Å². The van der Waals surface area contributed by atoms with Crippen LogP contribution in [0.4, 0.5) is 0 Å². The number of rotatable bonds is 4. The highest BCUT2D eigenvalue weighted by Gasteiger charge is 2.81. The van der Waals surface area contributed by atoms with Crippen LogP contribution in [0.3, 0.4) is 0 Å². The van der Waals surface area contributed by atoms with E-state index in [9.17, 15) is 34.2 Å². The molecule has 2 saturated heterocycles. The summed E-state index contributed by atoms with van der Waals surface area (Å²) in [4.78, 5) is 66.7. The minimum atomic E-state index is -2.00. The Morgan fingerprint density at radius 3 is 2.19 bits per heavy atom. The normalized spacial score (nSPS) is 52.8. The quantitative estimate of drug-likeness (QED) is 0.254. The van der Waals surface area contributed by atoms with Crippen LogP contribution in [-0.2, 0) is 47.7 Å². The Kier molecular flexibility index (Phi) is 7.26. The Balaban J connectivity index is 1.45. The van der Waals surface area contributed by atoms with Crippen LogP contribution < -0.4 is 0 Å². The van der Waals surface area contributed by atoms with Gasteiger partial charge in [0.2, 0.25) is 0 Å². The Morgan fingerprint density at radius 1 is 0.938 bits per heavy atom. The highest BCUT2D eigenvalue weighted by molar-refractivity contribution is 5.88. The van der Waals surface area contributed by atoms with Crippen LogP contribution >= 0.6 is 0 Å². The molecule has 0 bridgehead atoms. The number of allylic oxidation sites excluding steroid dienone is 1. The SMILES string of the molecule is CC(=O)O[C@@H]1[C@H]2[C@@H]3[C@@H](O)C(=O)C4C[C@@H]5O[C@@H]5[C@H](OC(=O)C(C)C)[C@]4(C)[C@H]3C[C@H](OC(C)=O)[C@]2(C)[C@@H]2[C@H]1[C@]1(C)C(=C[C@H]2C)OC(=O)[C@@]1(C)O. The fraction of sp³-hybridized carbons (Fsp3) is 0.806. The van der Waals surface area contributed by atoms with Crippen LogP contribution in [0.25, 0.3) is 0 Å². The van der Waals surface area contributed by atoms with Gasteiger partial charge in [-0.1, -0.05) is 34.6 Å². The number of Topliss-reactive ketones (excluding diaryl/α,β-unsaturated/α-hetero) is 1. The van der Waals surface area contributed by atoms with Gasteiger partial charge in [0.25, 0.3) is 0 Å². The lowest BCUT2D eigenvalue weighted by atomic mass is 9.42. The molecule has 12 heteroatoms. The van der Waals surface area contributed by atoms with Gasteiger partial charge >= 0.3 is 23.9 Å². The topological polar surface area (TPSA) is 175 Å². The number of aliphatic hydroxyl groups excluding tert-OH is 1. The first kappa shape index (κ1) is 33.7. The van der Waals surface area contributed by atoms with Crippen LogP contribution in [0.1, 0.15) is 75.2 Å². The monoisotopic (exact) mass is 672 g/mol. The van der Waals surface area contributed by atoms with Crippen molar-refractivity contribution in [3.05, 3.63) is 11.8 Å². The maximum Gasteiger partial charge on any atom is 0.343 e. The summed E-state index contributed by atoms with van der Waals surface area (Å²) in [5.74, 6) is -7.22. The smallest absolute Gasteiger partial charge is 0.343 e. The standard InChI is InChI=1S/C36H48O12/c1-13(2)31(41)48-30-28-19(46-28)11-18-26(39)27(40)22-17(33(18,30)6)12-20(44-15(4)37)34(7)23-14(3)10-21-35(8,36(9,43)32(42)47-21)25(23)29(24(22)34)45-16(5)38/h10,13-14,17-20,22-25,27-30,40,43H,11-12H2,1-9H3/t14-,17+,18?,19+,20+,22-,23+,24-,25-,27-,28+,29-,30+,33-,34-,35+,36-/m1/s1. The fourth-order valence-electron chi connectivity index (χ4n) is 11.9. The third kappa shape index (κ3) is 4.02. The zero-order valence-electron chi connectivity index (χ0n) is 29.1. The van der Waals surface area contributed by atoms with Crippen molar-refractivity contribution in [2.75, 3.05) is 0 Å². The molecule has 0 aromatic rings. The number of fused-ring (bicyclic) bond motifs is 10. The molecule has 1 unspecified atom stereocenters. The number of hydrogen-bond donors (Lipinski definition) is 2. The molecule has 4 saturated carbocycles. The van der Waals surface area contributed by atoms with E-state index in [1.807, 2.05) is 26.8 Å². The number of hydrogen-bond acceptors (Lipinski definition) is 12. The fourth-order valence-corrected chi connectivity index (χ4v) is 11.9. The van der Waals surface area contributed by atoms with Crippen molar-refractivity contribution in [3.8, 4) is 0 Å². The summed E-state index contributed by atoms with van der Waals surface area (Å²) in [5, 5.41) is 24.0. The molecule has 0 spiro atoms. The molecular formula is C36H48O12. The lowest BCUT2D eigenvalue weighted by Crippen LogP contribution is -2.70. The first-order chi connectivity index (χ1) is 22.2. The van der Waals surface area contributed by atoms with Gasteiger partial charge in [0.05, 0.1) is 17.4 Å². The lowest BCUT2D eigenvalue weighted by molar-refractivity contribution is -0.235. The zero-order chi connectivity index (χ0) is 35.2. The number of carbonyl (C=O) groups excluding carboxylic acids is 5. The van der Waals surface area contributed by atoms with E-state index in [-0.39, 0.29) is 30.0 Å². The van der Waals surface area contributed by atoms with Gasteiger partial charge in [0, 0.05) is 48.3 Å². The number of carbonyl (C=O) groups is 5. The van der Waals surface area contributed by atoms with Crippen LogP contribution in [-0.4, -0.2) is 82.1 Å². The number of epoxide rings is 1. The summed E-state index contributed by atoms with van der Waals surface area (Å²) < 4.78 is 30.4. The zero-order valence-corrected chi connectivity index (χ0v) is 29.1. The Morgan fingerprint density at radius 2 is 1.58 bits per heavy atom. The van der Waals surface area contributed by atoms with Crippen LogP contribution in [0, 0.1) is 63.6 Å².